The van der Waals surface area contributed by atoms with E-state index >= 15 is 0 Å². The first-order valence-electron chi connectivity index (χ1n) is 5.66. The molecule has 0 saturated heterocycles. The van der Waals surface area contributed by atoms with Crippen LogP contribution in [0.3, 0.4) is 0 Å². The summed E-state index contributed by atoms with van der Waals surface area (Å²) in [5, 5.41) is 3.13. The molecule has 0 aliphatic rings. The number of rotatable bonds is 4. The van der Waals surface area contributed by atoms with E-state index in [0.29, 0.717) is 5.69 Å². The van der Waals surface area contributed by atoms with E-state index < -0.39 is 0 Å². The topological polar surface area (TPSA) is 38.0 Å². The van der Waals surface area contributed by atoms with Crippen LogP contribution in [-0.2, 0) is 6.54 Å². The quantitative estimate of drug-likeness (QED) is 0.829. The van der Waals surface area contributed by atoms with Crippen LogP contribution in [0.25, 0.3) is 0 Å². The molecule has 2 rings (SSSR count). The molecule has 0 aliphatic heterocycles. The summed E-state index contributed by atoms with van der Waals surface area (Å²) in [6.07, 6.45) is 0. The summed E-state index contributed by atoms with van der Waals surface area (Å²) in [6.45, 7) is 0.796. The molecule has 0 saturated carbocycles. The van der Waals surface area contributed by atoms with Crippen LogP contribution in [0.2, 0.25) is 0 Å². The van der Waals surface area contributed by atoms with Gasteiger partial charge < -0.3 is 11.1 Å². The van der Waals surface area contributed by atoms with Gasteiger partial charge in [0.05, 0.1) is 0 Å². The van der Waals surface area contributed by atoms with Gasteiger partial charge in [-0.25, -0.2) is 4.39 Å². The van der Waals surface area contributed by atoms with E-state index in [1.54, 1.807) is 17.8 Å². The van der Waals surface area contributed by atoms with E-state index in [1.807, 2.05) is 25.2 Å². The molecule has 0 fully saturated rings. The van der Waals surface area contributed by atoms with Crippen molar-refractivity contribution in [1.82, 2.24) is 5.32 Å². The Balaban J connectivity index is 2.28. The Labute approximate surface area is 110 Å². The second kappa shape index (κ2) is 5.89. The van der Waals surface area contributed by atoms with Gasteiger partial charge in [-0.05, 0) is 36.9 Å². The van der Waals surface area contributed by atoms with Crippen LogP contribution in [0, 0.1) is 5.82 Å². The molecule has 0 aromatic heterocycles. The molecule has 0 atom stereocenters. The summed E-state index contributed by atoms with van der Waals surface area (Å²) in [6, 6.07) is 12.6. The molecule has 0 heterocycles. The molecular weight excluding hydrogens is 246 g/mol. The van der Waals surface area contributed by atoms with Crippen LogP contribution in [0.4, 0.5) is 10.1 Å². The Morgan fingerprint density at radius 1 is 1.17 bits per heavy atom. The molecule has 0 aliphatic carbocycles. The Morgan fingerprint density at radius 3 is 2.67 bits per heavy atom. The maximum absolute atomic E-state index is 13.0. The largest absolute Gasteiger partial charge is 0.398 e. The van der Waals surface area contributed by atoms with E-state index in [1.165, 1.54) is 17.7 Å². The van der Waals surface area contributed by atoms with Gasteiger partial charge in [-0.1, -0.05) is 30.0 Å². The van der Waals surface area contributed by atoms with Crippen molar-refractivity contribution < 1.29 is 4.39 Å². The van der Waals surface area contributed by atoms with Crippen LogP contribution in [0.1, 0.15) is 5.56 Å². The summed E-state index contributed by atoms with van der Waals surface area (Å²) < 4.78 is 13.0. The minimum absolute atomic E-state index is 0.305. The molecule has 94 valence electrons. The van der Waals surface area contributed by atoms with Gasteiger partial charge in [0.1, 0.15) is 5.82 Å². The molecule has 0 bridgehead atoms. The van der Waals surface area contributed by atoms with Crippen molar-refractivity contribution in [2.45, 2.75) is 16.3 Å². The SMILES string of the molecule is CNCc1ccccc1Sc1ccc([18F])cc1N. The Bertz CT molecular complexity index is 543. The first-order chi connectivity index (χ1) is 8.70. The molecule has 3 N–H and O–H groups in total. The van der Waals surface area contributed by atoms with Gasteiger partial charge in [-0.3, -0.25) is 0 Å². The Kier molecular flexibility index (Phi) is 4.23. The van der Waals surface area contributed by atoms with E-state index in [0.717, 1.165) is 16.3 Å². The van der Waals surface area contributed by atoms with Gasteiger partial charge in [0, 0.05) is 22.0 Å². The molecule has 4 heteroatoms. The highest BCUT2D eigenvalue weighted by Gasteiger charge is 2.06. The average Bonchev–Trinajstić information content (AvgIpc) is 2.35. The molecule has 2 nitrogen and oxygen atoms in total. The highest BCUT2D eigenvalue weighted by molar-refractivity contribution is 7.99. The monoisotopic (exact) mass is 261 g/mol. The van der Waals surface area contributed by atoms with Gasteiger partial charge in [-0.2, -0.15) is 0 Å². The first-order valence-corrected chi connectivity index (χ1v) is 6.47. The van der Waals surface area contributed by atoms with E-state index in [-0.39, 0.29) is 5.82 Å². The van der Waals surface area contributed by atoms with Crippen molar-refractivity contribution in [2.75, 3.05) is 12.8 Å². The maximum atomic E-state index is 13.0. The molecule has 0 unspecified atom stereocenters. The second-order valence-electron chi connectivity index (χ2n) is 3.92. The van der Waals surface area contributed by atoms with Gasteiger partial charge >= 0.3 is 0 Å². The number of hydrogen-bond acceptors (Lipinski definition) is 3. The molecule has 18 heavy (non-hydrogen) atoms. The van der Waals surface area contributed by atoms with Gasteiger partial charge in [-0.15, -0.1) is 0 Å². The van der Waals surface area contributed by atoms with Crippen LogP contribution in [0.5, 0.6) is 0 Å². The lowest BCUT2D eigenvalue weighted by Crippen LogP contribution is -2.05. The van der Waals surface area contributed by atoms with Crippen molar-refractivity contribution >= 4 is 17.4 Å². The first kappa shape index (κ1) is 12.9. The van der Waals surface area contributed by atoms with Crippen LogP contribution >= 0.6 is 11.8 Å². The highest BCUT2D eigenvalue weighted by Crippen LogP contribution is 2.34. The number of nitrogen functional groups attached to an aromatic ring is 1. The van der Waals surface area contributed by atoms with E-state index in [2.05, 4.69) is 11.4 Å². The number of nitrogens with one attached hydrogen (secondary N) is 1. The standard InChI is InChI=1S/C14H15FN2S/c1-17-9-10-4-2-3-5-13(10)18-14-7-6-11(15)8-12(14)16/h2-8,17H,9,16H2,1H3/i15-1. The Hall–Kier alpha value is -1.52. The minimum atomic E-state index is -0.305. The fraction of sp³-hybridized carbons (Fsp3) is 0.143. The third-order valence-corrected chi connectivity index (χ3v) is 3.74. The van der Waals surface area contributed by atoms with Crippen LogP contribution in [-0.4, -0.2) is 7.05 Å². The molecular formula is C14H15FN2S. The fourth-order valence-corrected chi connectivity index (χ4v) is 2.64. The summed E-state index contributed by atoms with van der Waals surface area (Å²) in [5.41, 5.74) is 7.49. The fourth-order valence-electron chi connectivity index (χ4n) is 1.67. The van der Waals surface area contributed by atoms with Crippen molar-refractivity contribution in [3.05, 3.63) is 53.8 Å². The van der Waals surface area contributed by atoms with Crippen LogP contribution in [0.15, 0.2) is 52.3 Å². The lowest BCUT2D eigenvalue weighted by molar-refractivity contribution is 0.627. The average molecular weight is 261 g/mol. The zero-order valence-corrected chi connectivity index (χ0v) is 10.9. The third-order valence-electron chi connectivity index (χ3n) is 2.53. The summed E-state index contributed by atoms with van der Waals surface area (Å²) in [7, 11) is 1.91. The number of anilines is 1. The van der Waals surface area contributed by atoms with E-state index in [4.69, 9.17) is 5.73 Å². The molecule has 2 aromatic rings. The summed E-state index contributed by atoms with van der Waals surface area (Å²) in [4.78, 5) is 2.00. The zero-order valence-electron chi connectivity index (χ0n) is 10.1. The molecule has 0 amide bonds. The van der Waals surface area contributed by atoms with Crippen molar-refractivity contribution in [2.24, 2.45) is 0 Å². The predicted octanol–water partition coefficient (Wildman–Crippen LogP) is 3.28. The lowest BCUT2D eigenvalue weighted by Gasteiger charge is -2.10. The second-order valence-corrected chi connectivity index (χ2v) is 5.01. The maximum Gasteiger partial charge on any atom is 0.125 e. The van der Waals surface area contributed by atoms with E-state index in [9.17, 15) is 4.39 Å². The smallest absolute Gasteiger partial charge is 0.125 e. The van der Waals surface area contributed by atoms with Gasteiger partial charge in [0.15, 0.2) is 0 Å². The van der Waals surface area contributed by atoms with Gasteiger partial charge in [0.2, 0.25) is 0 Å². The molecule has 2 aromatic carbocycles. The molecule has 0 radical (unpaired) electrons. The van der Waals surface area contributed by atoms with Crippen molar-refractivity contribution in [1.29, 1.82) is 0 Å². The van der Waals surface area contributed by atoms with Crippen LogP contribution < -0.4 is 11.1 Å². The zero-order chi connectivity index (χ0) is 13.0. The predicted molar refractivity (Wildman–Crippen MR) is 74.1 cm³/mol. The minimum Gasteiger partial charge on any atom is -0.398 e. The van der Waals surface area contributed by atoms with Crippen molar-refractivity contribution in [3.63, 3.8) is 0 Å². The van der Waals surface area contributed by atoms with Crippen molar-refractivity contribution in [3.8, 4) is 0 Å². The lowest BCUT2D eigenvalue weighted by atomic mass is 10.2. The summed E-state index contributed by atoms with van der Waals surface area (Å²) in [5.74, 6) is -0.305. The van der Waals surface area contributed by atoms with Gasteiger partial charge in [0.25, 0.3) is 0 Å². The number of hydrogen-bond donors (Lipinski definition) is 2. The molecule has 0 spiro atoms. The highest BCUT2D eigenvalue weighted by atomic mass is 32.2. The summed E-state index contributed by atoms with van der Waals surface area (Å²) >= 11 is 1.56. The number of nitrogens with two attached hydrogens (primary N) is 1. The normalized spacial score (nSPS) is 10.6. The Morgan fingerprint density at radius 2 is 1.94 bits per heavy atom. The third kappa shape index (κ3) is 3.03. The number of benzene rings is 2. The number of halogens is 1.